The summed E-state index contributed by atoms with van der Waals surface area (Å²) in [7, 11) is 1.52. The zero-order valence-electron chi connectivity index (χ0n) is 16.9. The Morgan fingerprint density at radius 1 is 1.28 bits per heavy atom. The third kappa shape index (κ3) is 4.39. The lowest BCUT2D eigenvalue weighted by Crippen LogP contribution is -2.61. The first-order chi connectivity index (χ1) is 14.1. The summed E-state index contributed by atoms with van der Waals surface area (Å²) in [5.41, 5.74) is 1.46. The number of rotatable bonds is 3. The molecule has 1 amide bonds. The van der Waals surface area contributed by atoms with Crippen LogP contribution in [-0.2, 0) is 9.53 Å². The number of methoxy groups -OCH3 is 1. The Bertz CT molecular complexity index is 877. The number of nitrogens with one attached hydrogen (secondary N) is 1. The van der Waals surface area contributed by atoms with E-state index in [1.165, 1.54) is 13.2 Å². The molecule has 4 rings (SSSR count). The monoisotopic (exact) mass is 420 g/mol. The minimum absolute atomic E-state index is 0.0241. The number of hydrogen-bond acceptors (Lipinski definition) is 4. The number of ether oxygens (including phenoxy) is 2. The summed E-state index contributed by atoms with van der Waals surface area (Å²) in [6.45, 7) is 5.42. The molecule has 29 heavy (non-hydrogen) atoms. The number of fused-ring (bicyclic) bond motifs is 1. The van der Waals surface area contributed by atoms with E-state index >= 15 is 4.39 Å². The first kappa shape index (κ1) is 21.6. The highest BCUT2D eigenvalue weighted by atomic mass is 35.5. The molecule has 2 aromatic carbocycles. The number of carbonyl (C=O) groups excluding carboxylic acids is 1. The quantitative estimate of drug-likeness (QED) is 0.805. The van der Waals surface area contributed by atoms with E-state index < -0.39 is 5.82 Å². The van der Waals surface area contributed by atoms with Crippen LogP contribution in [-0.4, -0.2) is 44.9 Å². The van der Waals surface area contributed by atoms with Crippen LogP contribution >= 0.6 is 11.6 Å². The van der Waals surface area contributed by atoms with Gasteiger partial charge in [-0.15, -0.1) is 0 Å². The van der Waals surface area contributed by atoms with Gasteiger partial charge >= 0.3 is 0 Å². The van der Waals surface area contributed by atoms with E-state index in [0.717, 1.165) is 13.0 Å². The molecule has 5 nitrogen and oxygen atoms in total. The van der Waals surface area contributed by atoms with Gasteiger partial charge in [0.15, 0.2) is 0 Å². The van der Waals surface area contributed by atoms with Crippen molar-refractivity contribution in [1.82, 2.24) is 5.32 Å². The third-order valence-corrected chi connectivity index (χ3v) is 5.31. The third-order valence-electron chi connectivity index (χ3n) is 5.08. The van der Waals surface area contributed by atoms with Gasteiger partial charge in [-0.2, -0.15) is 0 Å². The van der Waals surface area contributed by atoms with Crippen molar-refractivity contribution in [3.05, 3.63) is 47.2 Å². The Hall–Kier alpha value is -2.15. The second-order valence-corrected chi connectivity index (χ2v) is 7.12. The van der Waals surface area contributed by atoms with Crippen molar-refractivity contribution < 1.29 is 18.7 Å². The Morgan fingerprint density at radius 3 is 2.79 bits per heavy atom. The van der Waals surface area contributed by atoms with Gasteiger partial charge in [-0.05, 0) is 36.7 Å². The van der Waals surface area contributed by atoms with Gasteiger partial charge < -0.3 is 19.7 Å². The highest BCUT2D eigenvalue weighted by Gasteiger charge is 2.40. The molecule has 0 spiro atoms. The summed E-state index contributed by atoms with van der Waals surface area (Å²) < 4.78 is 26.2. The zero-order valence-corrected chi connectivity index (χ0v) is 17.6. The van der Waals surface area contributed by atoms with Gasteiger partial charge in [0, 0.05) is 23.2 Å². The molecular formula is C22H26ClFN2O3. The van der Waals surface area contributed by atoms with Gasteiger partial charge in [0.25, 0.3) is 5.91 Å². The number of nitrogens with zero attached hydrogens (tertiary/aromatic N) is 1. The fraction of sp³-hybridized carbons (Fsp3) is 0.409. The average molecular weight is 421 g/mol. The maximum Gasteiger partial charge on any atom is 0.253 e. The summed E-state index contributed by atoms with van der Waals surface area (Å²) in [6, 6.07) is 9.83. The Labute approximate surface area is 175 Å². The van der Waals surface area contributed by atoms with Crippen LogP contribution in [0.3, 0.4) is 0 Å². The van der Waals surface area contributed by atoms with Gasteiger partial charge in [-0.3, -0.25) is 4.79 Å². The molecule has 2 heterocycles. The van der Waals surface area contributed by atoms with Crippen LogP contribution in [0.1, 0.15) is 20.3 Å². The van der Waals surface area contributed by atoms with Crippen molar-refractivity contribution in [2.45, 2.75) is 32.4 Å². The second-order valence-electron chi connectivity index (χ2n) is 6.69. The maximum atomic E-state index is 15.0. The molecule has 0 aromatic heterocycles. The van der Waals surface area contributed by atoms with E-state index in [9.17, 15) is 4.79 Å². The fourth-order valence-corrected chi connectivity index (χ4v) is 3.99. The van der Waals surface area contributed by atoms with Crippen molar-refractivity contribution in [1.29, 1.82) is 0 Å². The molecule has 2 atom stereocenters. The molecule has 2 saturated heterocycles. The molecule has 0 bridgehead atoms. The Morgan fingerprint density at radius 2 is 2.07 bits per heavy atom. The smallest absolute Gasteiger partial charge is 0.253 e. The van der Waals surface area contributed by atoms with E-state index in [1.807, 2.05) is 13.8 Å². The van der Waals surface area contributed by atoms with Crippen LogP contribution in [0.25, 0.3) is 11.1 Å². The molecule has 7 heteroatoms. The molecule has 2 unspecified atom stereocenters. The highest BCUT2D eigenvalue weighted by molar-refractivity contribution is 6.30. The average Bonchev–Trinajstić information content (AvgIpc) is 2.75. The molecule has 2 aliphatic rings. The van der Waals surface area contributed by atoms with Gasteiger partial charge in [-0.1, -0.05) is 37.6 Å². The maximum absolute atomic E-state index is 15.0. The lowest BCUT2D eigenvalue weighted by molar-refractivity contribution is -0.133. The second kappa shape index (κ2) is 9.57. The summed E-state index contributed by atoms with van der Waals surface area (Å²) in [6.07, 6.45) is 0.619. The first-order valence-electron chi connectivity index (χ1n) is 9.86. The van der Waals surface area contributed by atoms with Crippen LogP contribution in [0, 0.1) is 5.82 Å². The molecular weight excluding hydrogens is 395 g/mol. The van der Waals surface area contributed by atoms with Crippen molar-refractivity contribution in [2.24, 2.45) is 0 Å². The molecule has 2 fully saturated rings. The highest BCUT2D eigenvalue weighted by Crippen LogP contribution is 2.39. The number of carbonyl (C=O) groups is 1. The van der Waals surface area contributed by atoms with Crippen molar-refractivity contribution in [3.8, 4) is 16.9 Å². The molecule has 2 aliphatic heterocycles. The largest absolute Gasteiger partial charge is 0.495 e. The van der Waals surface area contributed by atoms with Crippen LogP contribution < -0.4 is 15.0 Å². The lowest BCUT2D eigenvalue weighted by Gasteiger charge is -2.44. The SMILES string of the molecule is CC.COc1cc(-c2cccc(Cl)c2)c(F)cc1N1C(=O)COC2CNCCC21. The van der Waals surface area contributed by atoms with Crippen LogP contribution in [0.4, 0.5) is 10.1 Å². The first-order valence-corrected chi connectivity index (χ1v) is 10.2. The summed E-state index contributed by atoms with van der Waals surface area (Å²) in [5.74, 6) is -0.178. The molecule has 0 radical (unpaired) electrons. The normalized spacial score (nSPS) is 21.1. The molecule has 1 N–H and O–H groups in total. The fourth-order valence-electron chi connectivity index (χ4n) is 3.80. The minimum atomic E-state index is -0.433. The van der Waals surface area contributed by atoms with Crippen LogP contribution in [0.15, 0.2) is 36.4 Å². The summed E-state index contributed by atoms with van der Waals surface area (Å²) in [4.78, 5) is 14.3. The van der Waals surface area contributed by atoms with Crippen LogP contribution in [0.2, 0.25) is 5.02 Å². The summed E-state index contributed by atoms with van der Waals surface area (Å²) >= 11 is 6.04. The van der Waals surface area contributed by atoms with Crippen LogP contribution in [0.5, 0.6) is 5.75 Å². The molecule has 156 valence electrons. The molecule has 0 aliphatic carbocycles. The number of halogens is 2. The van der Waals surface area contributed by atoms with Crippen molar-refractivity contribution >= 4 is 23.2 Å². The van der Waals surface area contributed by atoms with E-state index in [4.69, 9.17) is 21.1 Å². The number of amides is 1. The topological polar surface area (TPSA) is 50.8 Å². The molecule has 0 saturated carbocycles. The standard InChI is InChI=1S/C20H20ClFN2O3.C2H6/c1-26-18-8-14(12-3-2-4-13(21)7-12)15(22)9-17(18)24-16-5-6-23-10-19(16)27-11-20(24)25;1-2/h2-4,7-9,16,19,23H,5-6,10-11H2,1H3;1-2H3. The minimum Gasteiger partial charge on any atom is -0.495 e. The Kier molecular flexibility index (Phi) is 7.11. The number of hydrogen-bond donors (Lipinski definition) is 1. The van der Waals surface area contributed by atoms with Crippen molar-refractivity contribution in [3.63, 3.8) is 0 Å². The predicted molar refractivity (Wildman–Crippen MR) is 113 cm³/mol. The van der Waals surface area contributed by atoms with Gasteiger partial charge in [0.2, 0.25) is 0 Å². The lowest BCUT2D eigenvalue weighted by atomic mass is 9.97. The van der Waals surface area contributed by atoms with E-state index in [2.05, 4.69) is 5.32 Å². The van der Waals surface area contributed by atoms with Gasteiger partial charge in [-0.25, -0.2) is 4.39 Å². The van der Waals surface area contributed by atoms with Gasteiger partial charge in [0.05, 0.1) is 24.9 Å². The number of piperidine rings is 1. The van der Waals surface area contributed by atoms with Gasteiger partial charge in [0.1, 0.15) is 18.2 Å². The number of morpholine rings is 1. The number of anilines is 1. The predicted octanol–water partition coefficient (Wildman–Crippen LogP) is 4.27. The van der Waals surface area contributed by atoms with E-state index in [1.54, 1.807) is 35.2 Å². The van der Waals surface area contributed by atoms with E-state index in [0.29, 0.717) is 34.1 Å². The molecule has 2 aromatic rings. The van der Waals surface area contributed by atoms with E-state index in [-0.39, 0.29) is 24.7 Å². The summed E-state index contributed by atoms with van der Waals surface area (Å²) in [5, 5.41) is 3.79. The van der Waals surface area contributed by atoms with Crippen molar-refractivity contribution in [2.75, 3.05) is 31.7 Å². The Balaban J connectivity index is 0.00000117. The number of benzene rings is 2. The zero-order chi connectivity index (χ0) is 21.0.